The number of imide groups is 1. The lowest BCUT2D eigenvalue weighted by atomic mass is 10.0. The van der Waals surface area contributed by atoms with E-state index in [9.17, 15) is 14.4 Å². The molecule has 4 rings (SSSR count). The van der Waals surface area contributed by atoms with Crippen molar-refractivity contribution < 1.29 is 14.4 Å². The molecule has 7 heteroatoms. The number of piperidine rings is 1. The molecule has 0 radical (unpaired) electrons. The highest BCUT2D eigenvalue weighted by Gasteiger charge is 2.38. The molecule has 0 aromatic heterocycles. The van der Waals surface area contributed by atoms with Gasteiger partial charge < -0.3 is 15.5 Å². The van der Waals surface area contributed by atoms with Gasteiger partial charge in [0.1, 0.15) is 6.04 Å². The van der Waals surface area contributed by atoms with Gasteiger partial charge in [0.15, 0.2) is 0 Å². The summed E-state index contributed by atoms with van der Waals surface area (Å²) in [6, 6.07) is 5.35. The lowest BCUT2D eigenvalue weighted by Gasteiger charge is -2.29. The van der Waals surface area contributed by atoms with Crippen molar-refractivity contribution in [1.82, 2.24) is 20.9 Å². The van der Waals surface area contributed by atoms with Gasteiger partial charge in [0.05, 0.1) is 0 Å². The van der Waals surface area contributed by atoms with Crippen LogP contribution in [0.2, 0.25) is 0 Å². The van der Waals surface area contributed by atoms with Crippen LogP contribution in [-0.4, -0.2) is 48.3 Å². The van der Waals surface area contributed by atoms with E-state index in [1.165, 1.54) is 12.8 Å². The first-order valence-corrected chi connectivity index (χ1v) is 9.79. The number of carbonyl (C=O) groups excluding carboxylic acids is 3. The molecule has 3 heterocycles. The van der Waals surface area contributed by atoms with Crippen molar-refractivity contribution in [2.75, 3.05) is 19.6 Å². The fraction of sp³-hybridized carbons (Fsp3) is 0.550. The number of hydrogen-bond donors (Lipinski definition) is 3. The smallest absolute Gasteiger partial charge is 0.255 e. The first kappa shape index (κ1) is 18.1. The minimum atomic E-state index is -0.552. The summed E-state index contributed by atoms with van der Waals surface area (Å²) in [5, 5.41) is 9.21. The van der Waals surface area contributed by atoms with E-state index in [0.29, 0.717) is 18.5 Å². The highest BCUT2D eigenvalue weighted by Crippen LogP contribution is 2.28. The number of rotatable bonds is 6. The molecule has 1 unspecified atom stereocenters. The second kappa shape index (κ2) is 7.78. The summed E-state index contributed by atoms with van der Waals surface area (Å²) in [5.41, 5.74) is 2.78. The SMILES string of the molecule is O=C1CCC(N2Cc3cc(CNCC[C@H]4CCNC4)ccc3C2=O)C(=O)N1. The summed E-state index contributed by atoms with van der Waals surface area (Å²) in [5.74, 6) is 0.0304. The molecule has 7 nitrogen and oxygen atoms in total. The number of fused-ring (bicyclic) bond motifs is 1. The predicted molar refractivity (Wildman–Crippen MR) is 99.8 cm³/mol. The molecular formula is C20H26N4O3. The monoisotopic (exact) mass is 370 g/mol. The Morgan fingerprint density at radius 3 is 2.85 bits per heavy atom. The van der Waals surface area contributed by atoms with Crippen LogP contribution in [0.5, 0.6) is 0 Å². The summed E-state index contributed by atoms with van der Waals surface area (Å²) in [7, 11) is 0. The van der Waals surface area contributed by atoms with Crippen LogP contribution in [0.15, 0.2) is 18.2 Å². The summed E-state index contributed by atoms with van der Waals surface area (Å²) in [4.78, 5) is 37.7. The molecule has 2 saturated heterocycles. The average molecular weight is 370 g/mol. The van der Waals surface area contributed by atoms with Gasteiger partial charge in [-0.3, -0.25) is 19.7 Å². The lowest BCUT2D eigenvalue weighted by molar-refractivity contribution is -0.136. The summed E-state index contributed by atoms with van der Waals surface area (Å²) in [6.07, 6.45) is 3.12. The number of benzene rings is 1. The Balaban J connectivity index is 1.34. The van der Waals surface area contributed by atoms with E-state index in [-0.39, 0.29) is 24.1 Å². The fourth-order valence-electron chi connectivity index (χ4n) is 4.24. The third kappa shape index (κ3) is 3.89. The van der Waals surface area contributed by atoms with E-state index in [0.717, 1.165) is 43.2 Å². The second-order valence-corrected chi connectivity index (χ2v) is 7.72. The van der Waals surface area contributed by atoms with Crippen LogP contribution >= 0.6 is 0 Å². The van der Waals surface area contributed by atoms with Crippen LogP contribution in [0.4, 0.5) is 0 Å². The molecule has 2 fully saturated rings. The first-order chi connectivity index (χ1) is 13.1. The third-order valence-electron chi connectivity index (χ3n) is 5.81. The van der Waals surface area contributed by atoms with Gasteiger partial charge in [0.25, 0.3) is 5.91 Å². The van der Waals surface area contributed by atoms with Crippen molar-refractivity contribution in [2.24, 2.45) is 5.92 Å². The quantitative estimate of drug-likeness (QED) is 0.502. The van der Waals surface area contributed by atoms with Crippen molar-refractivity contribution in [1.29, 1.82) is 0 Å². The summed E-state index contributed by atoms with van der Waals surface area (Å²) < 4.78 is 0. The zero-order valence-corrected chi connectivity index (χ0v) is 15.4. The van der Waals surface area contributed by atoms with E-state index in [4.69, 9.17) is 0 Å². The average Bonchev–Trinajstić information content (AvgIpc) is 3.27. The van der Waals surface area contributed by atoms with Crippen molar-refractivity contribution >= 4 is 17.7 Å². The molecule has 3 aliphatic rings. The van der Waals surface area contributed by atoms with Gasteiger partial charge in [-0.15, -0.1) is 0 Å². The van der Waals surface area contributed by atoms with E-state index < -0.39 is 6.04 Å². The maximum atomic E-state index is 12.7. The normalized spacial score (nSPS) is 25.0. The van der Waals surface area contributed by atoms with Gasteiger partial charge in [0.2, 0.25) is 11.8 Å². The number of hydrogen-bond acceptors (Lipinski definition) is 5. The Kier molecular flexibility index (Phi) is 5.22. The van der Waals surface area contributed by atoms with Gasteiger partial charge in [-0.2, -0.15) is 0 Å². The minimum absolute atomic E-state index is 0.118. The lowest BCUT2D eigenvalue weighted by Crippen LogP contribution is -2.52. The zero-order valence-electron chi connectivity index (χ0n) is 15.4. The maximum absolute atomic E-state index is 12.7. The van der Waals surface area contributed by atoms with Crippen LogP contribution in [-0.2, 0) is 22.7 Å². The van der Waals surface area contributed by atoms with Gasteiger partial charge in [-0.05, 0) is 62.0 Å². The van der Waals surface area contributed by atoms with Crippen LogP contribution in [0.3, 0.4) is 0 Å². The number of amides is 3. The predicted octanol–water partition coefficient (Wildman–Crippen LogP) is 0.537. The molecule has 0 saturated carbocycles. The summed E-state index contributed by atoms with van der Waals surface area (Å²) in [6.45, 7) is 4.46. The molecule has 1 aromatic rings. The largest absolute Gasteiger partial charge is 0.322 e. The molecule has 1 aromatic carbocycles. The second-order valence-electron chi connectivity index (χ2n) is 7.72. The molecule has 0 spiro atoms. The number of nitrogens with one attached hydrogen (secondary N) is 3. The van der Waals surface area contributed by atoms with Crippen molar-refractivity contribution in [3.63, 3.8) is 0 Å². The Morgan fingerprint density at radius 2 is 2.07 bits per heavy atom. The molecular weight excluding hydrogens is 344 g/mol. The van der Waals surface area contributed by atoms with E-state index in [1.807, 2.05) is 12.1 Å². The van der Waals surface area contributed by atoms with Crippen molar-refractivity contribution in [2.45, 2.75) is 44.8 Å². The van der Waals surface area contributed by atoms with E-state index >= 15 is 0 Å². The third-order valence-corrected chi connectivity index (χ3v) is 5.81. The number of carbonyl (C=O) groups is 3. The maximum Gasteiger partial charge on any atom is 0.255 e. The molecule has 3 aliphatic heterocycles. The molecule has 0 aliphatic carbocycles. The Bertz CT molecular complexity index is 758. The summed E-state index contributed by atoms with van der Waals surface area (Å²) >= 11 is 0. The van der Waals surface area contributed by atoms with Gasteiger partial charge in [0, 0.05) is 25.1 Å². The molecule has 2 atom stereocenters. The minimum Gasteiger partial charge on any atom is -0.322 e. The van der Waals surface area contributed by atoms with E-state index in [2.05, 4.69) is 22.0 Å². The molecule has 3 N–H and O–H groups in total. The van der Waals surface area contributed by atoms with Gasteiger partial charge in [-0.25, -0.2) is 0 Å². The Hall–Kier alpha value is -2.25. The van der Waals surface area contributed by atoms with Crippen LogP contribution < -0.4 is 16.0 Å². The van der Waals surface area contributed by atoms with Gasteiger partial charge >= 0.3 is 0 Å². The van der Waals surface area contributed by atoms with Crippen LogP contribution in [0.1, 0.15) is 47.2 Å². The fourth-order valence-corrected chi connectivity index (χ4v) is 4.24. The molecule has 27 heavy (non-hydrogen) atoms. The molecule has 3 amide bonds. The highest BCUT2D eigenvalue weighted by atomic mass is 16.2. The Labute approximate surface area is 158 Å². The number of nitrogens with zero attached hydrogens (tertiary/aromatic N) is 1. The molecule has 144 valence electrons. The van der Waals surface area contributed by atoms with Gasteiger partial charge in [-0.1, -0.05) is 12.1 Å². The zero-order chi connectivity index (χ0) is 18.8. The molecule has 0 bridgehead atoms. The van der Waals surface area contributed by atoms with Crippen LogP contribution in [0.25, 0.3) is 0 Å². The standard InChI is InChI=1S/C20H26N4O3/c25-18-4-3-17(19(26)23-18)24-12-15-9-14(1-2-16(15)20(24)27)11-22-8-6-13-5-7-21-10-13/h1-2,9,13,17,21-22H,3-8,10-12H2,(H,23,25,26)/t13-,17?/m1/s1. The van der Waals surface area contributed by atoms with Crippen molar-refractivity contribution in [3.8, 4) is 0 Å². The Morgan fingerprint density at radius 1 is 1.19 bits per heavy atom. The van der Waals surface area contributed by atoms with E-state index in [1.54, 1.807) is 4.90 Å². The van der Waals surface area contributed by atoms with Crippen molar-refractivity contribution in [3.05, 3.63) is 34.9 Å². The highest BCUT2D eigenvalue weighted by molar-refractivity contribution is 6.05. The topological polar surface area (TPSA) is 90.5 Å². The van der Waals surface area contributed by atoms with Crippen LogP contribution in [0, 0.1) is 5.92 Å². The first-order valence-electron chi connectivity index (χ1n) is 9.79.